The van der Waals surface area contributed by atoms with Gasteiger partial charge in [-0.15, -0.1) is 11.8 Å². The largest absolute Gasteiger partial charge is 0.489 e. The predicted octanol–water partition coefficient (Wildman–Crippen LogP) is 5.20. The zero-order valence-electron chi connectivity index (χ0n) is 16.5. The number of carbonyl (C=O) groups is 1. The fourth-order valence-electron chi connectivity index (χ4n) is 2.53. The lowest BCUT2D eigenvalue weighted by atomic mass is 10.2. The Morgan fingerprint density at radius 1 is 1.03 bits per heavy atom. The molecule has 0 bridgehead atoms. The SMILES string of the molecule is Cc1ccc(S[C@H](C)C(=O)N/N=C\c2ccc(OCc3ccccc3)cc2)cc1. The van der Waals surface area contributed by atoms with E-state index in [2.05, 4.69) is 10.5 Å². The summed E-state index contributed by atoms with van der Waals surface area (Å²) in [5, 5.41) is 3.83. The Bertz CT molecular complexity index is 939. The van der Waals surface area contributed by atoms with Gasteiger partial charge in [0.15, 0.2) is 0 Å². The number of ether oxygens (including phenoxy) is 1. The standard InChI is InChI=1S/C24H24N2O2S/c1-18-8-14-23(15-9-18)29-19(2)24(27)26-25-16-20-10-12-22(13-11-20)28-17-21-6-4-3-5-7-21/h3-16,19H,17H2,1-2H3,(H,26,27)/b25-16-/t19-/m1/s1. The number of nitrogens with zero attached hydrogens (tertiary/aromatic N) is 1. The third-order valence-electron chi connectivity index (χ3n) is 4.22. The summed E-state index contributed by atoms with van der Waals surface area (Å²) >= 11 is 1.51. The molecule has 3 rings (SSSR count). The van der Waals surface area contributed by atoms with Crippen molar-refractivity contribution in [2.45, 2.75) is 30.6 Å². The lowest BCUT2D eigenvalue weighted by Crippen LogP contribution is -2.26. The average Bonchev–Trinajstić information content (AvgIpc) is 2.75. The summed E-state index contributed by atoms with van der Waals surface area (Å²) < 4.78 is 5.77. The van der Waals surface area contributed by atoms with Gasteiger partial charge in [0.2, 0.25) is 0 Å². The molecule has 5 heteroatoms. The monoisotopic (exact) mass is 404 g/mol. The number of hydrogen-bond acceptors (Lipinski definition) is 4. The van der Waals surface area contributed by atoms with Crippen molar-refractivity contribution in [1.29, 1.82) is 0 Å². The van der Waals surface area contributed by atoms with E-state index in [4.69, 9.17) is 4.74 Å². The molecule has 0 aliphatic rings. The number of amides is 1. The quantitative estimate of drug-likeness (QED) is 0.319. The van der Waals surface area contributed by atoms with Crippen LogP contribution in [-0.4, -0.2) is 17.4 Å². The van der Waals surface area contributed by atoms with Gasteiger partial charge in [-0.3, -0.25) is 4.79 Å². The van der Waals surface area contributed by atoms with Crippen LogP contribution in [0.5, 0.6) is 5.75 Å². The van der Waals surface area contributed by atoms with Gasteiger partial charge < -0.3 is 4.74 Å². The highest BCUT2D eigenvalue weighted by atomic mass is 32.2. The molecule has 1 N–H and O–H groups in total. The molecule has 3 aromatic carbocycles. The molecule has 0 spiro atoms. The van der Waals surface area contributed by atoms with E-state index in [0.717, 1.165) is 21.8 Å². The van der Waals surface area contributed by atoms with Crippen LogP contribution in [0.1, 0.15) is 23.6 Å². The smallest absolute Gasteiger partial charge is 0.253 e. The Labute approximate surface area is 176 Å². The van der Waals surface area contributed by atoms with Gasteiger partial charge in [0.1, 0.15) is 12.4 Å². The first kappa shape index (κ1) is 20.7. The van der Waals surface area contributed by atoms with Crippen molar-refractivity contribution >= 4 is 23.9 Å². The van der Waals surface area contributed by atoms with Crippen molar-refractivity contribution in [3.05, 3.63) is 95.6 Å². The van der Waals surface area contributed by atoms with Crippen molar-refractivity contribution in [1.82, 2.24) is 5.43 Å². The minimum absolute atomic E-state index is 0.130. The van der Waals surface area contributed by atoms with E-state index >= 15 is 0 Å². The summed E-state index contributed by atoms with van der Waals surface area (Å²) in [6.45, 7) is 4.44. The second-order valence-electron chi connectivity index (χ2n) is 6.65. The van der Waals surface area contributed by atoms with Gasteiger partial charge in [0.05, 0.1) is 11.5 Å². The van der Waals surface area contributed by atoms with E-state index in [1.165, 1.54) is 17.3 Å². The van der Waals surface area contributed by atoms with Gasteiger partial charge in [0, 0.05) is 4.90 Å². The maximum absolute atomic E-state index is 12.2. The summed E-state index contributed by atoms with van der Waals surface area (Å²) in [5.74, 6) is 0.660. The first-order valence-electron chi connectivity index (χ1n) is 9.43. The zero-order chi connectivity index (χ0) is 20.5. The molecule has 0 saturated heterocycles. The summed E-state index contributed by atoms with van der Waals surface area (Å²) in [4.78, 5) is 13.3. The van der Waals surface area contributed by atoms with E-state index in [1.54, 1.807) is 6.21 Å². The van der Waals surface area contributed by atoms with Crippen LogP contribution in [0.25, 0.3) is 0 Å². The van der Waals surface area contributed by atoms with Gasteiger partial charge in [-0.25, -0.2) is 5.43 Å². The number of aryl methyl sites for hydroxylation is 1. The summed E-state index contributed by atoms with van der Waals surface area (Å²) in [7, 11) is 0. The molecule has 0 fully saturated rings. The highest BCUT2D eigenvalue weighted by Gasteiger charge is 2.13. The third kappa shape index (κ3) is 6.80. The number of nitrogens with one attached hydrogen (secondary N) is 1. The van der Waals surface area contributed by atoms with Crippen LogP contribution in [0.4, 0.5) is 0 Å². The molecule has 0 unspecified atom stereocenters. The molecule has 0 aliphatic carbocycles. The molecular formula is C24H24N2O2S. The van der Waals surface area contributed by atoms with E-state index < -0.39 is 0 Å². The van der Waals surface area contributed by atoms with Crippen molar-refractivity contribution in [3.8, 4) is 5.75 Å². The molecule has 0 heterocycles. The Kier molecular flexibility index (Phi) is 7.47. The highest BCUT2D eigenvalue weighted by Crippen LogP contribution is 2.23. The van der Waals surface area contributed by atoms with E-state index in [1.807, 2.05) is 92.7 Å². The molecule has 1 atom stereocenters. The topological polar surface area (TPSA) is 50.7 Å². The summed E-state index contributed by atoms with van der Waals surface area (Å²) in [5.41, 5.74) is 5.81. The van der Waals surface area contributed by atoms with Crippen molar-refractivity contribution in [2.24, 2.45) is 5.10 Å². The second kappa shape index (κ2) is 10.5. The van der Waals surface area contributed by atoms with Gasteiger partial charge in [-0.2, -0.15) is 5.10 Å². The first-order valence-corrected chi connectivity index (χ1v) is 10.3. The maximum Gasteiger partial charge on any atom is 0.253 e. The normalized spacial score (nSPS) is 11.9. The van der Waals surface area contributed by atoms with Gasteiger partial charge >= 0.3 is 0 Å². The molecule has 29 heavy (non-hydrogen) atoms. The first-order chi connectivity index (χ1) is 14.1. The molecule has 148 valence electrons. The lowest BCUT2D eigenvalue weighted by Gasteiger charge is -2.09. The third-order valence-corrected chi connectivity index (χ3v) is 5.33. The number of rotatable bonds is 8. The Morgan fingerprint density at radius 3 is 2.41 bits per heavy atom. The molecule has 0 radical (unpaired) electrons. The summed E-state index contributed by atoms with van der Waals surface area (Å²) in [6, 6.07) is 25.7. The van der Waals surface area contributed by atoms with Crippen LogP contribution in [0.3, 0.4) is 0 Å². The predicted molar refractivity (Wildman–Crippen MR) is 119 cm³/mol. The molecular weight excluding hydrogens is 380 g/mol. The van der Waals surface area contributed by atoms with Crippen molar-refractivity contribution in [3.63, 3.8) is 0 Å². The number of thioether (sulfide) groups is 1. The van der Waals surface area contributed by atoms with Crippen molar-refractivity contribution < 1.29 is 9.53 Å². The Balaban J connectivity index is 1.45. The van der Waals surface area contributed by atoms with E-state index in [9.17, 15) is 4.79 Å². The van der Waals surface area contributed by atoms with E-state index in [0.29, 0.717) is 6.61 Å². The molecule has 4 nitrogen and oxygen atoms in total. The number of hydrogen-bond donors (Lipinski definition) is 1. The Hall–Kier alpha value is -3.05. The maximum atomic E-state index is 12.2. The highest BCUT2D eigenvalue weighted by molar-refractivity contribution is 8.00. The van der Waals surface area contributed by atoms with Gasteiger partial charge in [-0.1, -0.05) is 48.0 Å². The van der Waals surface area contributed by atoms with Crippen molar-refractivity contribution in [2.75, 3.05) is 0 Å². The molecule has 0 saturated carbocycles. The summed E-state index contributed by atoms with van der Waals surface area (Å²) in [6.07, 6.45) is 1.63. The number of carbonyl (C=O) groups excluding carboxylic acids is 1. The average molecular weight is 405 g/mol. The number of benzene rings is 3. The Morgan fingerprint density at radius 2 is 1.72 bits per heavy atom. The van der Waals surface area contributed by atoms with Crippen LogP contribution < -0.4 is 10.2 Å². The van der Waals surface area contributed by atoms with E-state index in [-0.39, 0.29) is 11.2 Å². The molecule has 3 aromatic rings. The minimum atomic E-state index is -0.233. The fourth-order valence-corrected chi connectivity index (χ4v) is 3.39. The van der Waals surface area contributed by atoms with Crippen LogP contribution in [-0.2, 0) is 11.4 Å². The van der Waals surface area contributed by atoms with Crippen LogP contribution >= 0.6 is 11.8 Å². The number of hydrazone groups is 1. The molecule has 1 amide bonds. The zero-order valence-corrected chi connectivity index (χ0v) is 17.4. The molecule has 0 aromatic heterocycles. The van der Waals surface area contributed by atoms with Gasteiger partial charge in [0.25, 0.3) is 5.91 Å². The molecule has 0 aliphatic heterocycles. The minimum Gasteiger partial charge on any atom is -0.489 e. The van der Waals surface area contributed by atoms with Crippen LogP contribution in [0.2, 0.25) is 0 Å². The van der Waals surface area contributed by atoms with Gasteiger partial charge in [-0.05, 0) is 61.4 Å². The van der Waals surface area contributed by atoms with Crippen LogP contribution in [0, 0.1) is 6.92 Å². The lowest BCUT2D eigenvalue weighted by molar-refractivity contribution is -0.120. The second-order valence-corrected chi connectivity index (χ2v) is 8.06. The fraction of sp³-hybridized carbons (Fsp3) is 0.167. The van der Waals surface area contributed by atoms with Crippen LogP contribution in [0.15, 0.2) is 88.9 Å².